The minimum absolute atomic E-state index is 0.169. The summed E-state index contributed by atoms with van der Waals surface area (Å²) in [5, 5.41) is 7.98. The molecule has 0 saturated heterocycles. The highest BCUT2D eigenvalue weighted by Crippen LogP contribution is 1.81. The molecule has 0 heterocycles. The van der Waals surface area contributed by atoms with Gasteiger partial charge in [0.05, 0.1) is 0 Å². The predicted octanol–water partition coefficient (Wildman–Crippen LogP) is -0.631. The van der Waals surface area contributed by atoms with Crippen LogP contribution < -0.4 is 0 Å². The average molecular weight is 158 g/mol. The van der Waals surface area contributed by atoms with Crippen molar-refractivity contribution < 1.29 is 24.2 Å². The number of carboxylic acid groups (broad SMARTS) is 1. The van der Waals surface area contributed by atoms with Crippen LogP contribution in [0.15, 0.2) is 12.7 Å². The van der Waals surface area contributed by atoms with Crippen LogP contribution in [0.2, 0.25) is 0 Å². The van der Waals surface area contributed by atoms with Gasteiger partial charge in [-0.2, -0.15) is 0 Å². The summed E-state index contributed by atoms with van der Waals surface area (Å²) < 4.78 is 4.13. The van der Waals surface area contributed by atoms with Gasteiger partial charge in [-0.3, -0.25) is 4.79 Å². The van der Waals surface area contributed by atoms with Crippen LogP contribution in [0.1, 0.15) is 0 Å². The molecule has 0 rings (SSSR count). The zero-order valence-corrected chi connectivity index (χ0v) is 5.57. The normalized spacial score (nSPS) is 8.36. The smallest absolute Gasteiger partial charge is 0.387 e. The van der Waals surface area contributed by atoms with Crippen LogP contribution in [0.3, 0.4) is 0 Å². The fraction of sp³-hybridized carbons (Fsp3) is 0.167. The van der Waals surface area contributed by atoms with E-state index in [1.165, 1.54) is 6.08 Å². The van der Waals surface area contributed by atoms with Gasteiger partial charge < -0.3 is 9.84 Å². The molecule has 0 aliphatic rings. The molecule has 0 aromatic heterocycles. The fourth-order valence-electron chi connectivity index (χ4n) is 0.287. The number of carboxylic acids is 1. The third kappa shape index (κ3) is 3.14. The molecule has 0 aromatic carbocycles. The molecular formula is C6H6O5. The van der Waals surface area contributed by atoms with Gasteiger partial charge in [0.2, 0.25) is 0 Å². The molecule has 1 N–H and O–H groups in total. The van der Waals surface area contributed by atoms with E-state index in [1.54, 1.807) is 0 Å². The molecule has 0 fully saturated rings. The number of ether oxygens (including phenoxy) is 1. The predicted molar refractivity (Wildman–Crippen MR) is 33.8 cm³/mol. The molecular weight excluding hydrogens is 152 g/mol. The Morgan fingerprint density at radius 1 is 1.45 bits per heavy atom. The molecule has 0 amide bonds. The van der Waals surface area contributed by atoms with E-state index in [0.717, 1.165) is 0 Å². The number of aliphatic carboxylic acids is 1. The second-order valence-electron chi connectivity index (χ2n) is 1.52. The van der Waals surface area contributed by atoms with Gasteiger partial charge in [0.1, 0.15) is 6.61 Å². The van der Waals surface area contributed by atoms with Gasteiger partial charge in [-0.05, 0) is 0 Å². The van der Waals surface area contributed by atoms with Crippen molar-refractivity contribution in [3.63, 3.8) is 0 Å². The standard InChI is InChI=1S/C6H6O5/c1-2-3-11-6(10)4(7)5(8)9/h2H,1,3H2,(H,8,9). The third-order valence-electron chi connectivity index (χ3n) is 0.712. The van der Waals surface area contributed by atoms with E-state index >= 15 is 0 Å². The second-order valence-corrected chi connectivity index (χ2v) is 1.52. The molecule has 0 bridgehead atoms. The molecule has 0 atom stereocenters. The number of carbonyl (C=O) groups excluding carboxylic acids is 2. The van der Waals surface area contributed by atoms with E-state index in [4.69, 9.17) is 5.11 Å². The molecule has 0 saturated carbocycles. The van der Waals surface area contributed by atoms with Crippen LogP contribution in [0, 0.1) is 0 Å². The highest BCUT2D eigenvalue weighted by Gasteiger charge is 2.22. The van der Waals surface area contributed by atoms with Crippen molar-refractivity contribution in [2.45, 2.75) is 0 Å². The molecule has 5 heteroatoms. The van der Waals surface area contributed by atoms with Gasteiger partial charge in [-0.1, -0.05) is 12.7 Å². The molecule has 0 spiro atoms. The fourth-order valence-corrected chi connectivity index (χ4v) is 0.287. The summed E-state index contributed by atoms with van der Waals surface area (Å²) in [6.45, 7) is 3.03. The van der Waals surface area contributed by atoms with Crippen LogP contribution in [-0.4, -0.2) is 29.4 Å². The SMILES string of the molecule is C=CCOC(=O)C(=O)C(=O)O. The summed E-state index contributed by atoms with van der Waals surface area (Å²) >= 11 is 0. The summed E-state index contributed by atoms with van der Waals surface area (Å²) in [4.78, 5) is 30.4. The van der Waals surface area contributed by atoms with Crippen LogP contribution in [0.4, 0.5) is 0 Å². The Bertz CT molecular complexity index is 205. The number of carbonyl (C=O) groups is 3. The first kappa shape index (κ1) is 9.35. The van der Waals surface area contributed by atoms with E-state index in [-0.39, 0.29) is 6.61 Å². The lowest BCUT2D eigenvalue weighted by atomic mass is 10.4. The summed E-state index contributed by atoms with van der Waals surface area (Å²) in [6, 6.07) is 0. The second kappa shape index (κ2) is 4.21. The molecule has 0 aromatic rings. The van der Waals surface area contributed by atoms with Gasteiger partial charge in [-0.25, -0.2) is 9.59 Å². The number of rotatable bonds is 4. The van der Waals surface area contributed by atoms with Crippen molar-refractivity contribution in [3.05, 3.63) is 12.7 Å². The Balaban J connectivity index is 3.94. The number of hydrogen-bond acceptors (Lipinski definition) is 4. The maximum absolute atomic E-state index is 10.3. The number of esters is 1. The number of Topliss-reactive ketones (excluding diaryl/α,β-unsaturated/α-hetero) is 1. The van der Waals surface area contributed by atoms with E-state index in [0.29, 0.717) is 0 Å². The molecule has 0 unspecified atom stereocenters. The van der Waals surface area contributed by atoms with Gasteiger partial charge >= 0.3 is 17.7 Å². The maximum atomic E-state index is 10.3. The monoisotopic (exact) mass is 158 g/mol. The Kier molecular flexibility index (Phi) is 3.58. The summed E-state index contributed by atoms with van der Waals surface area (Å²) in [6.07, 6.45) is 1.23. The Morgan fingerprint density at radius 3 is 2.36 bits per heavy atom. The molecule has 0 aliphatic carbocycles. The van der Waals surface area contributed by atoms with E-state index in [1.807, 2.05) is 0 Å². The molecule has 5 nitrogen and oxygen atoms in total. The summed E-state index contributed by atoms with van der Waals surface area (Å²) in [5.41, 5.74) is 0. The van der Waals surface area contributed by atoms with Crippen LogP contribution in [0.5, 0.6) is 0 Å². The highest BCUT2D eigenvalue weighted by molar-refractivity contribution is 6.59. The Labute approximate surface area is 62.3 Å². The van der Waals surface area contributed by atoms with Crippen molar-refractivity contribution in [2.75, 3.05) is 6.61 Å². The van der Waals surface area contributed by atoms with E-state index in [2.05, 4.69) is 11.3 Å². The van der Waals surface area contributed by atoms with Crippen molar-refractivity contribution in [2.24, 2.45) is 0 Å². The first-order chi connectivity index (χ1) is 5.09. The largest absolute Gasteiger partial charge is 0.475 e. The highest BCUT2D eigenvalue weighted by atomic mass is 16.5. The van der Waals surface area contributed by atoms with Crippen molar-refractivity contribution >= 4 is 17.7 Å². The number of ketones is 1. The van der Waals surface area contributed by atoms with E-state index < -0.39 is 17.7 Å². The minimum atomic E-state index is -1.82. The first-order valence-electron chi connectivity index (χ1n) is 2.65. The minimum Gasteiger partial charge on any atom is -0.475 e. The lowest BCUT2D eigenvalue weighted by Crippen LogP contribution is -2.25. The Morgan fingerprint density at radius 2 is 2.00 bits per heavy atom. The van der Waals surface area contributed by atoms with Crippen molar-refractivity contribution in [1.29, 1.82) is 0 Å². The Hall–Kier alpha value is -1.65. The van der Waals surface area contributed by atoms with Gasteiger partial charge in [-0.15, -0.1) is 0 Å². The van der Waals surface area contributed by atoms with Crippen LogP contribution >= 0.6 is 0 Å². The van der Waals surface area contributed by atoms with Crippen molar-refractivity contribution in [1.82, 2.24) is 0 Å². The number of hydrogen-bond donors (Lipinski definition) is 1. The zero-order chi connectivity index (χ0) is 8.85. The van der Waals surface area contributed by atoms with Crippen LogP contribution in [-0.2, 0) is 19.1 Å². The summed E-state index contributed by atoms with van der Waals surface area (Å²) in [5.74, 6) is -4.77. The third-order valence-corrected chi connectivity index (χ3v) is 0.712. The van der Waals surface area contributed by atoms with E-state index in [9.17, 15) is 14.4 Å². The average Bonchev–Trinajstić information content (AvgIpc) is 1.98. The van der Waals surface area contributed by atoms with Crippen LogP contribution in [0.25, 0.3) is 0 Å². The molecule has 60 valence electrons. The lowest BCUT2D eigenvalue weighted by molar-refractivity contribution is -0.161. The topological polar surface area (TPSA) is 80.7 Å². The zero-order valence-electron chi connectivity index (χ0n) is 5.57. The van der Waals surface area contributed by atoms with Gasteiger partial charge in [0, 0.05) is 0 Å². The molecule has 0 aliphatic heterocycles. The molecule has 0 radical (unpaired) electrons. The van der Waals surface area contributed by atoms with Gasteiger partial charge in [0.25, 0.3) is 0 Å². The van der Waals surface area contributed by atoms with Crippen molar-refractivity contribution in [3.8, 4) is 0 Å². The van der Waals surface area contributed by atoms with Gasteiger partial charge in [0.15, 0.2) is 0 Å². The lowest BCUT2D eigenvalue weighted by Gasteiger charge is -1.95. The quantitative estimate of drug-likeness (QED) is 0.255. The summed E-state index contributed by atoms with van der Waals surface area (Å²) in [7, 11) is 0. The first-order valence-corrected chi connectivity index (χ1v) is 2.65. The maximum Gasteiger partial charge on any atom is 0.387 e. The molecule has 11 heavy (non-hydrogen) atoms.